The first-order chi connectivity index (χ1) is 18.3. The third-order valence-electron chi connectivity index (χ3n) is 6.63. The maximum atomic E-state index is 6.13. The number of fused-ring (bicyclic) bond motifs is 1. The van der Waals surface area contributed by atoms with Crippen LogP contribution in [0.3, 0.4) is 0 Å². The van der Waals surface area contributed by atoms with Crippen molar-refractivity contribution in [3.8, 4) is 5.75 Å². The van der Waals surface area contributed by atoms with E-state index in [-0.39, 0.29) is 6.10 Å². The van der Waals surface area contributed by atoms with Crippen molar-refractivity contribution in [2.24, 2.45) is 0 Å². The molecular formula is C34H40N2OSn. The van der Waals surface area contributed by atoms with Crippen LogP contribution in [0.25, 0.3) is 10.9 Å². The number of hydrogen-bond acceptors (Lipinski definition) is 2. The van der Waals surface area contributed by atoms with Gasteiger partial charge in [-0.05, 0) is 0 Å². The Morgan fingerprint density at radius 1 is 0.684 bits per heavy atom. The molecule has 5 aromatic rings. The summed E-state index contributed by atoms with van der Waals surface area (Å²) in [5, 5.41) is 6.75. The van der Waals surface area contributed by atoms with Gasteiger partial charge in [0.05, 0.1) is 0 Å². The average molecular weight is 611 g/mol. The van der Waals surface area contributed by atoms with Gasteiger partial charge in [0.2, 0.25) is 0 Å². The van der Waals surface area contributed by atoms with Gasteiger partial charge in [0, 0.05) is 0 Å². The van der Waals surface area contributed by atoms with Gasteiger partial charge >= 0.3 is 219 Å². The molecule has 0 fully saturated rings. The molecule has 0 aliphatic rings. The predicted molar refractivity (Wildman–Crippen MR) is 164 cm³/mol. The SMILES string of the molecule is CC.CC(C)Oc1ccc2c(c1)[c]([Sn]([CH3])([CH3])[CH3])nn2C(c1ccccc1)(c1ccccc1)c1ccccc1. The summed E-state index contributed by atoms with van der Waals surface area (Å²) in [6.07, 6.45) is 0.121. The fourth-order valence-corrected chi connectivity index (χ4v) is 9.18. The summed E-state index contributed by atoms with van der Waals surface area (Å²) in [5.74, 6) is 0.901. The van der Waals surface area contributed by atoms with Crippen LogP contribution in [0.4, 0.5) is 0 Å². The molecule has 1 heterocycles. The second kappa shape index (κ2) is 11.8. The van der Waals surface area contributed by atoms with E-state index in [4.69, 9.17) is 9.84 Å². The van der Waals surface area contributed by atoms with E-state index >= 15 is 0 Å². The maximum absolute atomic E-state index is 6.13. The number of nitrogens with zero attached hydrogens (tertiary/aromatic N) is 2. The average Bonchev–Trinajstić information content (AvgIpc) is 3.32. The van der Waals surface area contributed by atoms with E-state index in [1.165, 1.54) is 25.8 Å². The van der Waals surface area contributed by atoms with Crippen molar-refractivity contribution in [3.05, 3.63) is 126 Å². The van der Waals surface area contributed by atoms with Crippen LogP contribution >= 0.6 is 0 Å². The van der Waals surface area contributed by atoms with Gasteiger partial charge in [0.25, 0.3) is 0 Å². The molecule has 4 aromatic carbocycles. The summed E-state index contributed by atoms with van der Waals surface area (Å²) in [6.45, 7) is 8.14. The first-order valence-corrected chi connectivity index (χ1v) is 23.7. The molecule has 0 amide bonds. The van der Waals surface area contributed by atoms with Gasteiger partial charge in [0.1, 0.15) is 0 Å². The normalized spacial score (nSPS) is 11.8. The molecule has 0 bridgehead atoms. The fraction of sp³-hybridized carbons (Fsp3) is 0.265. The second-order valence-electron chi connectivity index (χ2n) is 10.7. The number of hydrogen-bond donors (Lipinski definition) is 0. The van der Waals surface area contributed by atoms with Crippen molar-refractivity contribution in [1.29, 1.82) is 0 Å². The summed E-state index contributed by atoms with van der Waals surface area (Å²) in [6, 6.07) is 38.9. The molecule has 0 radical (unpaired) electrons. The monoisotopic (exact) mass is 612 g/mol. The van der Waals surface area contributed by atoms with Gasteiger partial charge in [-0.25, -0.2) is 0 Å². The molecule has 196 valence electrons. The molecule has 5 rings (SSSR count). The Morgan fingerprint density at radius 2 is 1.13 bits per heavy atom. The van der Waals surface area contributed by atoms with Crippen molar-refractivity contribution in [2.75, 3.05) is 0 Å². The molecule has 38 heavy (non-hydrogen) atoms. The predicted octanol–water partition coefficient (Wildman–Crippen LogP) is 8.24. The Balaban J connectivity index is 0.00000164. The molecule has 0 unspecified atom stereocenters. The van der Waals surface area contributed by atoms with Gasteiger partial charge in [-0.15, -0.1) is 0 Å². The fourth-order valence-electron chi connectivity index (χ4n) is 5.16. The quantitative estimate of drug-likeness (QED) is 0.137. The van der Waals surface area contributed by atoms with Crippen LogP contribution in [0.2, 0.25) is 14.8 Å². The van der Waals surface area contributed by atoms with Crippen LogP contribution < -0.4 is 8.45 Å². The van der Waals surface area contributed by atoms with Gasteiger partial charge in [-0.2, -0.15) is 0 Å². The molecule has 0 aliphatic carbocycles. The van der Waals surface area contributed by atoms with Crippen LogP contribution in [0, 0.1) is 0 Å². The van der Waals surface area contributed by atoms with Crippen molar-refractivity contribution in [3.63, 3.8) is 0 Å². The van der Waals surface area contributed by atoms with Crippen LogP contribution in [0.5, 0.6) is 5.75 Å². The van der Waals surface area contributed by atoms with E-state index in [0.29, 0.717) is 0 Å². The van der Waals surface area contributed by atoms with E-state index in [1.807, 2.05) is 13.8 Å². The summed E-state index contributed by atoms with van der Waals surface area (Å²) < 4.78 is 9.68. The van der Waals surface area contributed by atoms with E-state index in [1.54, 1.807) is 0 Å². The number of rotatable bonds is 7. The van der Waals surface area contributed by atoms with Crippen LogP contribution in [-0.2, 0) is 5.54 Å². The van der Waals surface area contributed by atoms with Gasteiger partial charge in [-0.1, -0.05) is 13.8 Å². The summed E-state index contributed by atoms with van der Waals surface area (Å²) >= 11 is -2.65. The van der Waals surface area contributed by atoms with Crippen molar-refractivity contribution >= 4 is 33.0 Å². The molecule has 0 saturated carbocycles. The molecule has 3 nitrogen and oxygen atoms in total. The number of benzene rings is 4. The van der Waals surface area contributed by atoms with Crippen molar-refractivity contribution in [1.82, 2.24) is 9.78 Å². The van der Waals surface area contributed by atoms with Crippen LogP contribution in [0.15, 0.2) is 109 Å². The molecule has 0 aliphatic heterocycles. The molecular weight excluding hydrogens is 571 g/mol. The minimum atomic E-state index is -2.65. The standard InChI is InChI=1S/C29H25N2O.C2H6.3CH3.Sn/c1-22(2)32-27-18-19-28-23(20-27)21-30-31(28)29(24-12-6-3-7-13-24,25-14-8-4-9-15-25)26-16-10-5-11-17-26;1-2;;;;/h3-20,22H,1-2H3;1-2H3;3*1H3;. The molecule has 4 heteroatoms. The van der Waals surface area contributed by atoms with Gasteiger partial charge in [-0.3, -0.25) is 0 Å². The Bertz CT molecular complexity index is 1360. The van der Waals surface area contributed by atoms with E-state index in [0.717, 1.165) is 11.3 Å². The Kier molecular flexibility index (Phi) is 8.67. The summed E-state index contributed by atoms with van der Waals surface area (Å²) in [7, 11) is 0. The summed E-state index contributed by atoms with van der Waals surface area (Å²) in [5.41, 5.74) is 4.06. The van der Waals surface area contributed by atoms with E-state index in [9.17, 15) is 0 Å². The molecule has 0 saturated heterocycles. The third-order valence-corrected chi connectivity index (χ3v) is 11.7. The molecule has 0 spiro atoms. The number of ether oxygens (including phenoxy) is 1. The molecule has 0 atom stereocenters. The Morgan fingerprint density at radius 3 is 1.53 bits per heavy atom. The molecule has 0 N–H and O–H groups in total. The number of aromatic nitrogens is 2. The first kappa shape index (κ1) is 28.0. The topological polar surface area (TPSA) is 27.1 Å². The van der Waals surface area contributed by atoms with Crippen molar-refractivity contribution < 1.29 is 4.74 Å². The molecule has 1 aromatic heterocycles. The second-order valence-corrected chi connectivity index (χ2v) is 24.9. The van der Waals surface area contributed by atoms with Crippen LogP contribution in [-0.4, -0.2) is 34.3 Å². The Labute approximate surface area is 232 Å². The Hall–Kier alpha value is -3.05. The third kappa shape index (κ3) is 5.26. The zero-order valence-electron chi connectivity index (χ0n) is 23.8. The van der Waals surface area contributed by atoms with Gasteiger partial charge in [0.15, 0.2) is 0 Å². The van der Waals surface area contributed by atoms with Gasteiger partial charge < -0.3 is 0 Å². The van der Waals surface area contributed by atoms with E-state index in [2.05, 4.69) is 143 Å². The zero-order chi connectivity index (χ0) is 27.3. The van der Waals surface area contributed by atoms with Crippen LogP contribution in [0.1, 0.15) is 44.4 Å². The minimum absolute atomic E-state index is 0.121. The van der Waals surface area contributed by atoms with Crippen molar-refractivity contribution in [2.45, 2.75) is 54.2 Å². The summed E-state index contributed by atoms with van der Waals surface area (Å²) in [4.78, 5) is 7.31. The van der Waals surface area contributed by atoms with E-state index < -0.39 is 23.9 Å². The first-order valence-electron chi connectivity index (χ1n) is 13.7. The zero-order valence-corrected chi connectivity index (χ0v) is 26.6.